The Morgan fingerprint density at radius 2 is 2.30 bits per heavy atom. The number of carbonyl (C=O) groups excluding carboxylic acids is 1. The second kappa shape index (κ2) is 5.73. The summed E-state index contributed by atoms with van der Waals surface area (Å²) in [5.41, 5.74) is 2.36. The molecular weight excluding hydrogens is 252 g/mol. The first-order chi connectivity index (χ1) is 9.79. The largest absolute Gasteiger partial charge is 0.483 e. The molecular formula is C16H22N2O2. The van der Waals surface area contributed by atoms with Gasteiger partial charge in [0.15, 0.2) is 6.61 Å². The molecule has 1 aliphatic heterocycles. The van der Waals surface area contributed by atoms with Gasteiger partial charge in [0.05, 0.1) is 0 Å². The molecule has 0 spiro atoms. The lowest BCUT2D eigenvalue weighted by Gasteiger charge is -2.23. The number of amides is 1. The Bertz CT molecular complexity index is 497. The van der Waals surface area contributed by atoms with E-state index in [9.17, 15) is 4.79 Å². The number of hydrogen-bond donors (Lipinski definition) is 1. The van der Waals surface area contributed by atoms with Crippen LogP contribution in [-0.4, -0.2) is 36.5 Å². The Morgan fingerprint density at radius 3 is 3.05 bits per heavy atom. The number of nitrogens with zero attached hydrogens (tertiary/aromatic N) is 1. The SMILES string of the molecule is CCN(C(=O)COc1cccc2c1CCCN2)C1CC1. The molecule has 1 aromatic rings. The van der Waals surface area contributed by atoms with Crippen molar-refractivity contribution >= 4 is 11.6 Å². The zero-order chi connectivity index (χ0) is 13.9. The molecule has 3 rings (SSSR count). The molecule has 108 valence electrons. The van der Waals surface area contributed by atoms with Gasteiger partial charge >= 0.3 is 0 Å². The fourth-order valence-corrected chi connectivity index (χ4v) is 2.86. The summed E-state index contributed by atoms with van der Waals surface area (Å²) in [4.78, 5) is 14.1. The van der Waals surface area contributed by atoms with Gasteiger partial charge in [-0.25, -0.2) is 0 Å². The third kappa shape index (κ3) is 2.74. The fraction of sp³-hybridized carbons (Fsp3) is 0.562. The fourth-order valence-electron chi connectivity index (χ4n) is 2.86. The van der Waals surface area contributed by atoms with E-state index in [1.165, 1.54) is 5.56 Å². The molecule has 4 nitrogen and oxygen atoms in total. The molecule has 0 aromatic heterocycles. The number of carbonyl (C=O) groups is 1. The number of rotatable bonds is 5. The molecule has 0 unspecified atom stereocenters. The number of fused-ring (bicyclic) bond motifs is 1. The van der Waals surface area contributed by atoms with E-state index in [0.29, 0.717) is 6.04 Å². The molecule has 1 fully saturated rings. The summed E-state index contributed by atoms with van der Waals surface area (Å²) < 4.78 is 5.80. The van der Waals surface area contributed by atoms with E-state index in [4.69, 9.17) is 4.74 Å². The second-order valence-electron chi connectivity index (χ2n) is 5.51. The zero-order valence-electron chi connectivity index (χ0n) is 12.0. The number of benzene rings is 1. The standard InChI is InChI=1S/C16H22N2O2/c1-2-18(12-8-9-12)16(19)11-20-15-7-3-6-14-13(15)5-4-10-17-14/h3,6-7,12,17H,2,4-5,8-11H2,1H3. The maximum Gasteiger partial charge on any atom is 0.260 e. The summed E-state index contributed by atoms with van der Waals surface area (Å²) in [5, 5.41) is 3.38. The smallest absolute Gasteiger partial charge is 0.260 e. The van der Waals surface area contributed by atoms with Gasteiger partial charge in [-0.1, -0.05) is 6.07 Å². The predicted octanol–water partition coefficient (Wildman–Crippen LogP) is 2.43. The van der Waals surface area contributed by atoms with Crippen LogP contribution in [0.25, 0.3) is 0 Å². The van der Waals surface area contributed by atoms with Crippen LogP contribution in [0.5, 0.6) is 5.75 Å². The van der Waals surface area contributed by atoms with E-state index in [2.05, 4.69) is 11.4 Å². The zero-order valence-corrected chi connectivity index (χ0v) is 12.0. The lowest BCUT2D eigenvalue weighted by atomic mass is 10.0. The third-order valence-corrected chi connectivity index (χ3v) is 4.05. The molecule has 1 aliphatic carbocycles. The lowest BCUT2D eigenvalue weighted by Crippen LogP contribution is -2.36. The third-order valence-electron chi connectivity index (χ3n) is 4.05. The summed E-state index contributed by atoms with van der Waals surface area (Å²) >= 11 is 0. The molecule has 1 saturated carbocycles. The van der Waals surface area contributed by atoms with Gasteiger partial charge in [-0.3, -0.25) is 4.79 Å². The summed E-state index contributed by atoms with van der Waals surface area (Å²) in [5.74, 6) is 0.964. The van der Waals surface area contributed by atoms with Crippen LogP contribution in [-0.2, 0) is 11.2 Å². The second-order valence-corrected chi connectivity index (χ2v) is 5.51. The Morgan fingerprint density at radius 1 is 1.45 bits per heavy atom. The number of ether oxygens (including phenoxy) is 1. The van der Waals surface area contributed by atoms with Gasteiger partial charge in [0, 0.05) is 30.4 Å². The van der Waals surface area contributed by atoms with Crippen molar-refractivity contribution in [3.05, 3.63) is 23.8 Å². The summed E-state index contributed by atoms with van der Waals surface area (Å²) in [6.45, 7) is 3.98. The van der Waals surface area contributed by atoms with E-state index < -0.39 is 0 Å². The van der Waals surface area contributed by atoms with Crippen LogP contribution >= 0.6 is 0 Å². The van der Waals surface area contributed by atoms with Crippen LogP contribution in [0.3, 0.4) is 0 Å². The van der Waals surface area contributed by atoms with Gasteiger partial charge in [0.2, 0.25) is 0 Å². The van der Waals surface area contributed by atoms with Crippen molar-refractivity contribution in [3.63, 3.8) is 0 Å². The molecule has 20 heavy (non-hydrogen) atoms. The van der Waals surface area contributed by atoms with Gasteiger partial charge in [-0.05, 0) is 44.7 Å². The van der Waals surface area contributed by atoms with Crippen molar-refractivity contribution in [3.8, 4) is 5.75 Å². The Balaban J connectivity index is 1.64. The quantitative estimate of drug-likeness (QED) is 0.896. The van der Waals surface area contributed by atoms with Gasteiger partial charge in [0.1, 0.15) is 5.75 Å². The highest BCUT2D eigenvalue weighted by Gasteiger charge is 2.31. The van der Waals surface area contributed by atoms with E-state index in [-0.39, 0.29) is 12.5 Å². The number of nitrogens with one attached hydrogen (secondary N) is 1. The Kier molecular flexibility index (Phi) is 3.81. The molecule has 1 amide bonds. The van der Waals surface area contributed by atoms with Crippen molar-refractivity contribution in [2.24, 2.45) is 0 Å². The Hall–Kier alpha value is -1.71. The van der Waals surface area contributed by atoms with Crippen LogP contribution in [0.1, 0.15) is 31.7 Å². The topological polar surface area (TPSA) is 41.6 Å². The summed E-state index contributed by atoms with van der Waals surface area (Å²) in [6.07, 6.45) is 4.42. The van der Waals surface area contributed by atoms with Crippen LogP contribution < -0.4 is 10.1 Å². The number of hydrogen-bond acceptors (Lipinski definition) is 3. The Labute approximate surface area is 120 Å². The van der Waals surface area contributed by atoms with E-state index in [0.717, 1.165) is 50.2 Å². The minimum absolute atomic E-state index is 0.108. The first-order valence-corrected chi connectivity index (χ1v) is 7.57. The van der Waals surface area contributed by atoms with E-state index >= 15 is 0 Å². The minimum Gasteiger partial charge on any atom is -0.483 e. The molecule has 4 heteroatoms. The van der Waals surface area contributed by atoms with Crippen molar-refractivity contribution < 1.29 is 9.53 Å². The average molecular weight is 274 g/mol. The van der Waals surface area contributed by atoms with Crippen molar-refractivity contribution in [1.29, 1.82) is 0 Å². The molecule has 0 atom stereocenters. The summed E-state index contributed by atoms with van der Waals surface area (Å²) in [6, 6.07) is 6.48. The van der Waals surface area contributed by atoms with Crippen molar-refractivity contribution in [2.75, 3.05) is 25.0 Å². The average Bonchev–Trinajstić information content (AvgIpc) is 3.30. The van der Waals surface area contributed by atoms with Crippen molar-refractivity contribution in [1.82, 2.24) is 4.90 Å². The van der Waals surface area contributed by atoms with Gasteiger partial charge in [0.25, 0.3) is 5.91 Å². The first-order valence-electron chi connectivity index (χ1n) is 7.57. The monoisotopic (exact) mass is 274 g/mol. The van der Waals surface area contributed by atoms with Gasteiger partial charge < -0.3 is 15.0 Å². The predicted molar refractivity (Wildman–Crippen MR) is 79.2 cm³/mol. The van der Waals surface area contributed by atoms with Gasteiger partial charge in [-0.2, -0.15) is 0 Å². The van der Waals surface area contributed by atoms with E-state index in [1.807, 2.05) is 24.0 Å². The molecule has 0 bridgehead atoms. The minimum atomic E-state index is 0.108. The summed E-state index contributed by atoms with van der Waals surface area (Å²) in [7, 11) is 0. The van der Waals surface area contributed by atoms with Crippen molar-refractivity contribution in [2.45, 2.75) is 38.6 Å². The maximum absolute atomic E-state index is 12.2. The van der Waals surface area contributed by atoms with Crippen LogP contribution in [0, 0.1) is 0 Å². The normalized spacial score (nSPS) is 17.1. The molecule has 2 aliphatic rings. The first kappa shape index (κ1) is 13.3. The molecule has 1 heterocycles. The van der Waals surface area contributed by atoms with Crippen LogP contribution in [0.4, 0.5) is 5.69 Å². The number of likely N-dealkylation sites (N-methyl/N-ethyl adjacent to an activating group) is 1. The van der Waals surface area contributed by atoms with Crippen LogP contribution in [0.15, 0.2) is 18.2 Å². The highest BCUT2D eigenvalue weighted by molar-refractivity contribution is 5.78. The van der Waals surface area contributed by atoms with E-state index in [1.54, 1.807) is 0 Å². The maximum atomic E-state index is 12.2. The van der Waals surface area contributed by atoms with Gasteiger partial charge in [-0.15, -0.1) is 0 Å². The molecule has 1 N–H and O–H groups in total. The molecule has 1 aromatic carbocycles. The van der Waals surface area contributed by atoms with Crippen LogP contribution in [0.2, 0.25) is 0 Å². The highest BCUT2D eigenvalue weighted by atomic mass is 16.5. The highest BCUT2D eigenvalue weighted by Crippen LogP contribution is 2.31. The lowest BCUT2D eigenvalue weighted by molar-refractivity contribution is -0.133. The number of anilines is 1. The molecule has 0 saturated heterocycles. The molecule has 0 radical (unpaired) electrons.